The minimum Gasteiger partial charge on any atom is -0.338 e. The van der Waals surface area contributed by atoms with Crippen LogP contribution in [0.15, 0.2) is 18.2 Å². The predicted molar refractivity (Wildman–Crippen MR) is 115 cm³/mol. The van der Waals surface area contributed by atoms with Crippen molar-refractivity contribution in [3.05, 3.63) is 40.6 Å². The highest BCUT2D eigenvalue weighted by Gasteiger charge is 2.31. The van der Waals surface area contributed by atoms with Crippen LogP contribution >= 0.6 is 0 Å². The highest BCUT2D eigenvalue weighted by molar-refractivity contribution is 5.75. The van der Waals surface area contributed by atoms with Crippen molar-refractivity contribution in [1.29, 1.82) is 5.26 Å². The highest BCUT2D eigenvalue weighted by atomic mass is 16.2. The summed E-state index contributed by atoms with van der Waals surface area (Å²) in [7, 11) is 0. The summed E-state index contributed by atoms with van der Waals surface area (Å²) in [5.74, 6) is 1.08. The largest absolute Gasteiger partial charge is 0.338 e. The molecule has 2 aromatic rings. The lowest BCUT2D eigenvalue weighted by molar-refractivity contribution is -0.129. The Hall–Kier alpha value is -2.81. The smallest absolute Gasteiger partial charge is 0.219 e. The molecule has 0 aliphatic carbocycles. The standard InChI is InChI=1S/C21H25N5O.C2H6/c1-14(2)26-20-8-10-24(15(3)27)13-18(20)21(23-26)25-9-4-5-17-11-16(12-22)6-7-19(17)25;1-2/h6-7,11,14H,4-5,8-10,13H2,1-3H3;1-2H3. The van der Waals surface area contributed by atoms with Crippen LogP contribution in [0.5, 0.6) is 0 Å². The maximum Gasteiger partial charge on any atom is 0.219 e. The van der Waals surface area contributed by atoms with Gasteiger partial charge in [0.2, 0.25) is 5.91 Å². The average Bonchev–Trinajstić information content (AvgIpc) is 3.13. The summed E-state index contributed by atoms with van der Waals surface area (Å²) in [5.41, 5.74) is 5.46. The predicted octanol–water partition coefficient (Wildman–Crippen LogP) is 4.35. The number of nitriles is 1. The van der Waals surface area contributed by atoms with Crippen LogP contribution in [0.1, 0.15) is 69.5 Å². The molecular weight excluding hydrogens is 362 g/mol. The molecule has 0 atom stereocenters. The molecule has 6 nitrogen and oxygen atoms in total. The molecule has 1 amide bonds. The molecule has 0 unspecified atom stereocenters. The van der Waals surface area contributed by atoms with E-state index in [0.717, 1.165) is 43.9 Å². The molecule has 0 saturated carbocycles. The second-order valence-corrected chi connectivity index (χ2v) is 7.69. The van der Waals surface area contributed by atoms with E-state index in [1.54, 1.807) is 6.92 Å². The van der Waals surface area contributed by atoms with E-state index in [2.05, 4.69) is 29.5 Å². The normalized spacial score (nSPS) is 15.2. The molecule has 1 aromatic heterocycles. The first-order chi connectivity index (χ1) is 14.0. The number of hydrogen-bond acceptors (Lipinski definition) is 4. The SMILES string of the molecule is CC.CC(=O)N1CCc2c(c(N3CCCc4cc(C#N)ccc43)nn2C(C)C)C1. The molecular formula is C23H31N5O. The zero-order valence-electron chi connectivity index (χ0n) is 18.2. The summed E-state index contributed by atoms with van der Waals surface area (Å²) in [4.78, 5) is 16.1. The van der Waals surface area contributed by atoms with E-state index in [9.17, 15) is 10.1 Å². The van der Waals surface area contributed by atoms with Crippen LogP contribution in [0.25, 0.3) is 0 Å². The second kappa shape index (κ2) is 8.69. The summed E-state index contributed by atoms with van der Waals surface area (Å²) in [5, 5.41) is 14.2. The van der Waals surface area contributed by atoms with Crippen molar-refractivity contribution in [1.82, 2.24) is 14.7 Å². The zero-order valence-corrected chi connectivity index (χ0v) is 18.2. The van der Waals surface area contributed by atoms with Gasteiger partial charge in [-0.3, -0.25) is 9.48 Å². The van der Waals surface area contributed by atoms with Gasteiger partial charge in [0.15, 0.2) is 5.82 Å². The summed E-state index contributed by atoms with van der Waals surface area (Å²) >= 11 is 0. The number of anilines is 2. The fourth-order valence-electron chi connectivity index (χ4n) is 4.23. The Balaban J connectivity index is 0.00000117. The van der Waals surface area contributed by atoms with E-state index in [4.69, 9.17) is 5.10 Å². The van der Waals surface area contributed by atoms with Gasteiger partial charge >= 0.3 is 0 Å². The topological polar surface area (TPSA) is 65.2 Å². The Morgan fingerprint density at radius 1 is 1.21 bits per heavy atom. The fraction of sp³-hybridized carbons (Fsp3) is 0.522. The minimum absolute atomic E-state index is 0.113. The van der Waals surface area contributed by atoms with Gasteiger partial charge < -0.3 is 9.80 Å². The third-order valence-corrected chi connectivity index (χ3v) is 5.58. The second-order valence-electron chi connectivity index (χ2n) is 7.69. The Labute approximate surface area is 173 Å². The average molecular weight is 394 g/mol. The van der Waals surface area contributed by atoms with Gasteiger partial charge in [-0.05, 0) is 50.5 Å². The van der Waals surface area contributed by atoms with Crippen molar-refractivity contribution >= 4 is 17.4 Å². The van der Waals surface area contributed by atoms with Gasteiger partial charge in [-0.2, -0.15) is 10.4 Å². The number of rotatable bonds is 2. The molecule has 0 saturated heterocycles. The number of fused-ring (bicyclic) bond motifs is 2. The monoisotopic (exact) mass is 393 g/mol. The lowest BCUT2D eigenvalue weighted by Gasteiger charge is -2.32. The van der Waals surface area contributed by atoms with Crippen LogP contribution in [0.2, 0.25) is 0 Å². The van der Waals surface area contributed by atoms with Crippen molar-refractivity contribution in [2.24, 2.45) is 0 Å². The van der Waals surface area contributed by atoms with Crippen molar-refractivity contribution in [3.63, 3.8) is 0 Å². The summed E-state index contributed by atoms with van der Waals surface area (Å²) in [6.45, 7) is 12.2. The lowest BCUT2D eigenvalue weighted by atomic mass is 9.98. The molecule has 3 heterocycles. The highest BCUT2D eigenvalue weighted by Crippen LogP contribution is 2.38. The number of amides is 1. The van der Waals surface area contributed by atoms with Gasteiger partial charge in [-0.1, -0.05) is 13.8 Å². The van der Waals surface area contributed by atoms with Crippen LogP contribution in [0, 0.1) is 11.3 Å². The van der Waals surface area contributed by atoms with Crippen LogP contribution < -0.4 is 4.90 Å². The first-order valence-electron chi connectivity index (χ1n) is 10.7. The van der Waals surface area contributed by atoms with Crippen molar-refractivity contribution in [2.45, 2.75) is 66.5 Å². The van der Waals surface area contributed by atoms with Crippen LogP contribution in [0.3, 0.4) is 0 Å². The molecule has 0 bridgehead atoms. The molecule has 6 heteroatoms. The van der Waals surface area contributed by atoms with Crippen LogP contribution in [-0.2, 0) is 24.2 Å². The number of nitrogens with zero attached hydrogens (tertiary/aromatic N) is 5. The molecule has 0 spiro atoms. The lowest BCUT2D eigenvalue weighted by Crippen LogP contribution is -2.35. The van der Waals surface area contributed by atoms with Gasteiger partial charge in [-0.15, -0.1) is 0 Å². The number of aromatic nitrogens is 2. The Morgan fingerprint density at radius 2 is 1.97 bits per heavy atom. The number of aryl methyl sites for hydroxylation is 1. The molecule has 0 N–H and O–H groups in total. The maximum absolute atomic E-state index is 12.0. The number of benzene rings is 1. The van der Waals surface area contributed by atoms with Gasteiger partial charge in [0.05, 0.1) is 18.2 Å². The van der Waals surface area contributed by atoms with Crippen LogP contribution in [0.4, 0.5) is 11.5 Å². The Morgan fingerprint density at radius 3 is 2.62 bits per heavy atom. The Bertz CT molecular complexity index is 937. The zero-order chi connectivity index (χ0) is 21.1. The molecule has 0 fully saturated rings. The summed E-state index contributed by atoms with van der Waals surface area (Å²) in [6, 6.07) is 8.43. The molecule has 2 aliphatic rings. The van der Waals surface area contributed by atoms with Crippen molar-refractivity contribution in [3.8, 4) is 6.07 Å². The molecule has 154 valence electrons. The van der Waals surface area contributed by atoms with Gasteiger partial charge in [0.25, 0.3) is 0 Å². The third kappa shape index (κ3) is 3.87. The van der Waals surface area contributed by atoms with Gasteiger partial charge in [0.1, 0.15) is 0 Å². The summed E-state index contributed by atoms with van der Waals surface area (Å²) < 4.78 is 2.13. The van der Waals surface area contributed by atoms with Crippen molar-refractivity contribution in [2.75, 3.05) is 18.0 Å². The quantitative estimate of drug-likeness (QED) is 0.761. The summed E-state index contributed by atoms with van der Waals surface area (Å²) in [6.07, 6.45) is 2.85. The minimum atomic E-state index is 0.113. The first kappa shape index (κ1) is 20.9. The van der Waals surface area contributed by atoms with Gasteiger partial charge in [0, 0.05) is 49.4 Å². The molecule has 29 heavy (non-hydrogen) atoms. The number of carbonyl (C=O) groups is 1. The van der Waals surface area contributed by atoms with E-state index < -0.39 is 0 Å². The number of carbonyl (C=O) groups excluding carboxylic acids is 1. The number of hydrogen-bond donors (Lipinski definition) is 0. The molecule has 2 aliphatic heterocycles. The van der Waals surface area contributed by atoms with E-state index >= 15 is 0 Å². The van der Waals surface area contributed by atoms with Crippen LogP contribution in [-0.4, -0.2) is 33.7 Å². The van der Waals surface area contributed by atoms with Crippen molar-refractivity contribution < 1.29 is 4.79 Å². The maximum atomic E-state index is 12.0. The van der Waals surface area contributed by atoms with E-state index in [1.165, 1.54) is 16.8 Å². The third-order valence-electron chi connectivity index (χ3n) is 5.58. The Kier molecular flexibility index (Phi) is 6.26. The van der Waals surface area contributed by atoms with E-state index in [0.29, 0.717) is 12.1 Å². The molecule has 4 rings (SSSR count). The first-order valence-corrected chi connectivity index (χ1v) is 10.7. The van der Waals surface area contributed by atoms with E-state index in [1.807, 2.05) is 36.9 Å². The van der Waals surface area contributed by atoms with E-state index in [-0.39, 0.29) is 11.9 Å². The fourth-order valence-corrected chi connectivity index (χ4v) is 4.23. The molecule has 0 radical (unpaired) electrons. The van der Waals surface area contributed by atoms with Gasteiger partial charge in [-0.25, -0.2) is 0 Å². The molecule has 1 aromatic carbocycles.